The second-order valence-corrected chi connectivity index (χ2v) is 18.7. The van der Waals surface area contributed by atoms with E-state index in [0.29, 0.717) is 24.9 Å². The van der Waals surface area contributed by atoms with Crippen LogP contribution in [-0.4, -0.2) is 63.2 Å². The van der Waals surface area contributed by atoms with Gasteiger partial charge in [0.2, 0.25) is 5.95 Å². The van der Waals surface area contributed by atoms with Gasteiger partial charge in [0, 0.05) is 33.0 Å². The van der Waals surface area contributed by atoms with Crippen molar-refractivity contribution in [2.45, 2.75) is 96.6 Å². The molecule has 1 amide bonds. The van der Waals surface area contributed by atoms with E-state index < -0.39 is 13.7 Å². The van der Waals surface area contributed by atoms with E-state index in [1.807, 2.05) is 45.2 Å². The number of aromatic nitrogens is 5. The molecule has 3 aromatic heterocycles. The molecule has 0 aliphatic heterocycles. The van der Waals surface area contributed by atoms with Crippen LogP contribution in [0, 0.1) is 0 Å². The molecule has 1 saturated carbocycles. The number of amides is 1. The fraction of sp³-hybridized carbons (Fsp3) is 0.593. The number of alkyl carbamates (subject to hydrolysis) is 1. The van der Waals surface area contributed by atoms with Crippen LogP contribution in [-0.2, 0) is 16.2 Å². The molecule has 0 atom stereocenters. The number of halogens is 1. The van der Waals surface area contributed by atoms with Crippen LogP contribution in [0.15, 0.2) is 29.0 Å². The van der Waals surface area contributed by atoms with Gasteiger partial charge < -0.3 is 20.1 Å². The highest BCUT2D eigenvalue weighted by Crippen LogP contribution is 2.28. The maximum atomic E-state index is 12.1. The van der Waals surface area contributed by atoms with Gasteiger partial charge in [0.15, 0.2) is 5.65 Å². The molecule has 4 rings (SSSR count). The number of ether oxygens (including phenoxy) is 2. The Kier molecular flexibility index (Phi) is 9.28. The number of rotatable bonds is 9. The van der Waals surface area contributed by atoms with Crippen LogP contribution in [0.3, 0.4) is 0 Å². The van der Waals surface area contributed by atoms with E-state index in [9.17, 15) is 4.79 Å². The van der Waals surface area contributed by atoms with Crippen molar-refractivity contribution in [1.82, 2.24) is 30.0 Å². The first-order valence-corrected chi connectivity index (χ1v) is 18.1. The fourth-order valence-corrected chi connectivity index (χ4v) is 5.52. The third kappa shape index (κ3) is 8.71. The Bertz CT molecular complexity index is 1280. The maximum absolute atomic E-state index is 12.1. The standard InChI is InChI=1S/C27H40BrN7O3Si/c1-27(2,3)38-26(36)31-19-12-10-18(11-13-19)30-25-29-16-20-23(21-8-7-9-22(28)32-21)34-35(24(20)33-25)17-37-14-15-39(4,5)6/h7-9,16,18-19H,10-15,17H2,1-6H3,(H,31,36)(H,29,30,33). The first-order valence-electron chi connectivity index (χ1n) is 13.6. The Labute approximate surface area is 239 Å². The van der Waals surface area contributed by atoms with Gasteiger partial charge in [-0.05, 0) is 80.6 Å². The van der Waals surface area contributed by atoms with Crippen LogP contribution in [0.1, 0.15) is 46.5 Å². The highest BCUT2D eigenvalue weighted by Gasteiger charge is 2.26. The molecule has 0 aromatic carbocycles. The van der Waals surface area contributed by atoms with E-state index in [1.165, 1.54) is 0 Å². The van der Waals surface area contributed by atoms with Crippen LogP contribution in [0.4, 0.5) is 10.7 Å². The van der Waals surface area contributed by atoms with Crippen LogP contribution >= 0.6 is 15.9 Å². The second kappa shape index (κ2) is 12.3. The van der Waals surface area contributed by atoms with Crippen molar-refractivity contribution in [1.29, 1.82) is 0 Å². The van der Waals surface area contributed by atoms with Crippen LogP contribution in [0.25, 0.3) is 22.4 Å². The normalized spacial score (nSPS) is 18.2. The number of carbonyl (C=O) groups excluding carboxylic acids is 1. The molecule has 3 heterocycles. The molecule has 12 heteroatoms. The highest BCUT2D eigenvalue weighted by atomic mass is 79.9. The molecular formula is C27H40BrN7O3Si. The van der Waals surface area contributed by atoms with Crippen molar-refractivity contribution in [3.05, 3.63) is 29.0 Å². The lowest BCUT2D eigenvalue weighted by Crippen LogP contribution is -2.42. The summed E-state index contributed by atoms with van der Waals surface area (Å²) in [4.78, 5) is 26.2. The summed E-state index contributed by atoms with van der Waals surface area (Å²) < 4.78 is 14.0. The predicted octanol–water partition coefficient (Wildman–Crippen LogP) is 6.21. The number of fused-ring (bicyclic) bond motifs is 1. The molecular weight excluding hydrogens is 578 g/mol. The predicted molar refractivity (Wildman–Crippen MR) is 159 cm³/mol. The summed E-state index contributed by atoms with van der Waals surface area (Å²) in [6.45, 7) is 13.6. The molecule has 0 spiro atoms. The monoisotopic (exact) mass is 617 g/mol. The summed E-state index contributed by atoms with van der Waals surface area (Å²) in [6.07, 6.45) is 4.97. The quantitative estimate of drug-likeness (QED) is 0.165. The van der Waals surface area contributed by atoms with Crippen molar-refractivity contribution in [3.8, 4) is 11.4 Å². The Balaban J connectivity index is 1.46. The summed E-state index contributed by atoms with van der Waals surface area (Å²) in [6, 6.07) is 7.16. The molecule has 1 aliphatic rings. The summed E-state index contributed by atoms with van der Waals surface area (Å²) in [5.41, 5.74) is 1.67. The summed E-state index contributed by atoms with van der Waals surface area (Å²) in [5, 5.41) is 12.1. The van der Waals surface area contributed by atoms with Crippen LogP contribution < -0.4 is 10.6 Å². The Hall–Kier alpha value is -2.57. The molecule has 1 aliphatic carbocycles. The van der Waals surface area contributed by atoms with Gasteiger partial charge in [-0.25, -0.2) is 19.4 Å². The Morgan fingerprint density at radius 3 is 2.51 bits per heavy atom. The molecule has 3 aromatic rings. The number of carbonyl (C=O) groups is 1. The molecule has 0 bridgehead atoms. The van der Waals surface area contributed by atoms with Crippen molar-refractivity contribution < 1.29 is 14.3 Å². The number of hydrogen-bond donors (Lipinski definition) is 2. The van der Waals surface area contributed by atoms with E-state index >= 15 is 0 Å². The van der Waals surface area contributed by atoms with Gasteiger partial charge in [0.1, 0.15) is 22.6 Å². The van der Waals surface area contributed by atoms with Gasteiger partial charge in [-0.3, -0.25) is 0 Å². The first kappa shape index (κ1) is 29.4. The van der Waals surface area contributed by atoms with Crippen molar-refractivity contribution in [2.24, 2.45) is 0 Å². The number of nitrogens with zero attached hydrogens (tertiary/aromatic N) is 5. The molecule has 10 nitrogen and oxygen atoms in total. The topological polar surface area (TPSA) is 116 Å². The molecule has 0 saturated heterocycles. The van der Waals surface area contributed by atoms with Gasteiger partial charge in [0.25, 0.3) is 0 Å². The minimum Gasteiger partial charge on any atom is -0.444 e. The average Bonchev–Trinajstić information content (AvgIpc) is 3.19. The summed E-state index contributed by atoms with van der Waals surface area (Å²) in [5.74, 6) is 0.558. The summed E-state index contributed by atoms with van der Waals surface area (Å²) >= 11 is 3.46. The van der Waals surface area contributed by atoms with E-state index in [1.54, 1.807) is 4.68 Å². The van der Waals surface area contributed by atoms with E-state index in [4.69, 9.17) is 19.6 Å². The van der Waals surface area contributed by atoms with Gasteiger partial charge in [-0.1, -0.05) is 25.7 Å². The first-order chi connectivity index (χ1) is 18.4. The number of nitrogens with one attached hydrogen (secondary N) is 2. The second-order valence-electron chi connectivity index (χ2n) is 12.3. The SMILES string of the molecule is CC(C)(C)OC(=O)NC1CCC(Nc2ncc3c(-c4cccc(Br)n4)nn(COCC[Si](C)(C)C)c3n2)CC1. The number of hydrogen-bond acceptors (Lipinski definition) is 8. The fourth-order valence-electron chi connectivity index (χ4n) is 4.42. The minimum atomic E-state index is -1.20. The Morgan fingerprint density at radius 1 is 1.13 bits per heavy atom. The average molecular weight is 619 g/mol. The smallest absolute Gasteiger partial charge is 0.407 e. The zero-order valence-electron chi connectivity index (χ0n) is 23.8. The lowest BCUT2D eigenvalue weighted by Gasteiger charge is -2.30. The largest absolute Gasteiger partial charge is 0.444 e. The van der Waals surface area contributed by atoms with Crippen LogP contribution in [0.2, 0.25) is 25.7 Å². The van der Waals surface area contributed by atoms with Gasteiger partial charge >= 0.3 is 6.09 Å². The molecule has 0 radical (unpaired) electrons. The van der Waals surface area contributed by atoms with Gasteiger partial charge in [-0.2, -0.15) is 10.1 Å². The molecule has 39 heavy (non-hydrogen) atoms. The van der Waals surface area contributed by atoms with Gasteiger partial charge in [-0.15, -0.1) is 0 Å². The molecule has 0 unspecified atom stereocenters. The van der Waals surface area contributed by atoms with Crippen molar-refractivity contribution in [2.75, 3.05) is 11.9 Å². The lowest BCUT2D eigenvalue weighted by atomic mass is 9.91. The zero-order valence-corrected chi connectivity index (χ0v) is 26.3. The third-order valence-electron chi connectivity index (χ3n) is 6.44. The minimum absolute atomic E-state index is 0.108. The lowest BCUT2D eigenvalue weighted by molar-refractivity contribution is 0.0492. The highest BCUT2D eigenvalue weighted by molar-refractivity contribution is 9.10. The zero-order chi connectivity index (χ0) is 28.2. The molecule has 212 valence electrons. The van der Waals surface area contributed by atoms with Gasteiger partial charge in [0.05, 0.1) is 11.1 Å². The van der Waals surface area contributed by atoms with E-state index in [2.05, 4.69) is 56.2 Å². The van der Waals surface area contributed by atoms with E-state index in [0.717, 1.165) is 53.1 Å². The van der Waals surface area contributed by atoms with Crippen LogP contribution in [0.5, 0.6) is 0 Å². The van der Waals surface area contributed by atoms with Crippen molar-refractivity contribution >= 4 is 47.1 Å². The molecule has 2 N–H and O–H groups in total. The third-order valence-corrected chi connectivity index (χ3v) is 8.58. The Morgan fingerprint density at radius 2 is 1.85 bits per heavy atom. The summed E-state index contributed by atoms with van der Waals surface area (Å²) in [7, 11) is -1.20. The number of anilines is 1. The van der Waals surface area contributed by atoms with Crippen molar-refractivity contribution in [3.63, 3.8) is 0 Å². The number of pyridine rings is 1. The van der Waals surface area contributed by atoms with E-state index in [-0.39, 0.29) is 18.2 Å². The molecule has 1 fully saturated rings. The maximum Gasteiger partial charge on any atom is 0.407 e.